The van der Waals surface area contributed by atoms with Gasteiger partial charge in [-0.1, -0.05) is 54.6 Å². The number of hydrogen-bond donors (Lipinski definition) is 1. The highest BCUT2D eigenvalue weighted by molar-refractivity contribution is 6.18. The first-order chi connectivity index (χ1) is 13.7. The van der Waals surface area contributed by atoms with Crippen LogP contribution in [0.2, 0.25) is 0 Å². The predicted molar refractivity (Wildman–Crippen MR) is 114 cm³/mol. The molecule has 28 heavy (non-hydrogen) atoms. The van der Waals surface area contributed by atoms with Crippen molar-refractivity contribution in [3.05, 3.63) is 95.6 Å². The smallest absolute Gasteiger partial charge is 0.157 e. The molecule has 0 spiro atoms. The van der Waals surface area contributed by atoms with Crippen LogP contribution in [-0.2, 0) is 4.79 Å². The summed E-state index contributed by atoms with van der Waals surface area (Å²) in [6.45, 7) is 0.0293. The number of carbonyl (C=O) groups is 1. The second kappa shape index (κ2) is 9.77. The Morgan fingerprint density at radius 1 is 0.857 bits per heavy atom. The van der Waals surface area contributed by atoms with Crippen LogP contribution >= 0.6 is 11.6 Å². The number of alkyl halides is 1. The Balaban J connectivity index is 2.16. The minimum atomic E-state index is 0.0293. The van der Waals surface area contributed by atoms with Gasteiger partial charge in [0.25, 0.3) is 0 Å². The molecule has 4 heteroatoms. The zero-order valence-electron chi connectivity index (χ0n) is 15.3. The topological polar surface area (TPSA) is 46.5 Å². The molecule has 0 fully saturated rings. The summed E-state index contributed by atoms with van der Waals surface area (Å²) in [5, 5.41) is 9.70. The lowest BCUT2D eigenvalue weighted by Gasteiger charge is -2.17. The Morgan fingerprint density at radius 3 is 2.04 bits per heavy atom. The third-order valence-electron chi connectivity index (χ3n) is 4.39. The molecule has 0 radical (unpaired) electrons. The van der Waals surface area contributed by atoms with Gasteiger partial charge in [0.05, 0.1) is 0 Å². The van der Waals surface area contributed by atoms with Gasteiger partial charge in [-0.3, -0.25) is 4.79 Å². The molecule has 0 aliphatic heterocycles. The van der Waals surface area contributed by atoms with Crippen molar-refractivity contribution < 1.29 is 14.6 Å². The fraction of sp³-hybridized carbons (Fsp3) is 0.125. The van der Waals surface area contributed by atoms with Crippen molar-refractivity contribution in [2.24, 2.45) is 0 Å². The van der Waals surface area contributed by atoms with Crippen molar-refractivity contribution in [1.82, 2.24) is 0 Å². The van der Waals surface area contributed by atoms with E-state index in [0.29, 0.717) is 18.1 Å². The van der Waals surface area contributed by atoms with Gasteiger partial charge in [-0.15, -0.1) is 11.6 Å². The molecule has 0 saturated carbocycles. The van der Waals surface area contributed by atoms with Gasteiger partial charge in [-0.05, 0) is 58.5 Å². The van der Waals surface area contributed by atoms with Gasteiger partial charge in [-0.2, -0.15) is 0 Å². The van der Waals surface area contributed by atoms with Crippen LogP contribution in [0, 0.1) is 0 Å². The monoisotopic (exact) mass is 392 g/mol. The van der Waals surface area contributed by atoms with E-state index in [-0.39, 0.29) is 12.4 Å². The van der Waals surface area contributed by atoms with Crippen molar-refractivity contribution in [3.8, 4) is 11.5 Å². The summed E-state index contributed by atoms with van der Waals surface area (Å²) < 4.78 is 5.37. The van der Waals surface area contributed by atoms with E-state index in [0.717, 1.165) is 34.1 Å². The lowest BCUT2D eigenvalue weighted by molar-refractivity contribution is -0.109. The van der Waals surface area contributed by atoms with Crippen LogP contribution in [0.5, 0.6) is 11.5 Å². The van der Waals surface area contributed by atoms with Crippen molar-refractivity contribution in [3.63, 3.8) is 0 Å². The number of rotatable bonds is 8. The van der Waals surface area contributed by atoms with E-state index in [1.54, 1.807) is 12.1 Å². The first-order valence-electron chi connectivity index (χ1n) is 9.03. The second-order valence-electron chi connectivity index (χ2n) is 6.21. The summed E-state index contributed by atoms with van der Waals surface area (Å²) in [4.78, 5) is 10.5. The summed E-state index contributed by atoms with van der Waals surface area (Å²) in [6.07, 6.45) is 1.43. The third-order valence-corrected chi connectivity index (χ3v) is 4.57. The van der Waals surface area contributed by atoms with Crippen LogP contribution in [0.4, 0.5) is 0 Å². The Labute approximate surface area is 169 Å². The molecule has 0 saturated heterocycles. The van der Waals surface area contributed by atoms with Gasteiger partial charge in [0.15, 0.2) is 6.29 Å². The van der Waals surface area contributed by atoms with Gasteiger partial charge in [0.2, 0.25) is 0 Å². The summed E-state index contributed by atoms with van der Waals surface area (Å²) in [6, 6.07) is 25.0. The fourth-order valence-electron chi connectivity index (χ4n) is 3.14. The van der Waals surface area contributed by atoms with Crippen molar-refractivity contribution in [2.45, 2.75) is 6.42 Å². The van der Waals surface area contributed by atoms with Crippen LogP contribution in [0.25, 0.3) is 11.1 Å². The third kappa shape index (κ3) is 4.81. The summed E-state index contributed by atoms with van der Waals surface area (Å²) in [5.74, 6) is 1.35. The van der Waals surface area contributed by atoms with Crippen molar-refractivity contribution in [2.75, 3.05) is 12.5 Å². The Hall–Kier alpha value is -3.04. The molecule has 0 aliphatic carbocycles. The van der Waals surface area contributed by atoms with Crippen LogP contribution in [0.15, 0.2) is 78.9 Å². The highest BCUT2D eigenvalue weighted by Gasteiger charge is 2.14. The van der Waals surface area contributed by atoms with Gasteiger partial charge >= 0.3 is 0 Å². The van der Waals surface area contributed by atoms with Crippen molar-refractivity contribution >= 4 is 29.0 Å². The summed E-state index contributed by atoms with van der Waals surface area (Å²) >= 11 is 6.15. The van der Waals surface area contributed by atoms with Gasteiger partial charge in [0.1, 0.15) is 18.1 Å². The Bertz CT molecular complexity index is 930. The molecule has 0 amide bonds. The highest BCUT2D eigenvalue weighted by atomic mass is 35.5. The standard InChI is InChI=1S/C24H21ClO3/c25-15-14-23(18-4-2-1-3-5-18)24(19-6-10-21(27)11-7-19)20-8-12-22(13-9-20)28-17-16-26/h1-13,16,27H,14-15,17H2/b24-23-. The minimum absolute atomic E-state index is 0.0293. The molecule has 0 atom stereocenters. The number of carbonyl (C=O) groups excluding carboxylic acids is 1. The Kier molecular flexibility index (Phi) is 6.88. The maximum absolute atomic E-state index is 10.5. The fourth-order valence-corrected chi connectivity index (χ4v) is 3.33. The highest BCUT2D eigenvalue weighted by Crippen LogP contribution is 2.35. The Morgan fingerprint density at radius 2 is 1.46 bits per heavy atom. The van der Waals surface area contributed by atoms with E-state index in [1.165, 1.54) is 0 Å². The number of allylic oxidation sites excluding steroid dienone is 1. The van der Waals surface area contributed by atoms with E-state index in [1.807, 2.05) is 54.6 Å². The zero-order valence-corrected chi connectivity index (χ0v) is 16.1. The molecule has 142 valence electrons. The van der Waals surface area contributed by atoms with E-state index in [2.05, 4.69) is 12.1 Å². The summed E-state index contributed by atoms with van der Waals surface area (Å²) in [5.41, 5.74) is 5.28. The number of ether oxygens (including phenoxy) is 1. The molecule has 3 aromatic rings. The normalized spacial score (nSPS) is 11.6. The summed E-state index contributed by atoms with van der Waals surface area (Å²) in [7, 11) is 0. The lowest BCUT2D eigenvalue weighted by Crippen LogP contribution is -1.99. The van der Waals surface area contributed by atoms with E-state index in [9.17, 15) is 9.90 Å². The number of halogens is 1. The maximum Gasteiger partial charge on any atom is 0.157 e. The lowest BCUT2D eigenvalue weighted by atomic mass is 9.88. The van der Waals surface area contributed by atoms with Gasteiger partial charge < -0.3 is 9.84 Å². The average Bonchev–Trinajstić information content (AvgIpc) is 2.74. The molecule has 3 aromatic carbocycles. The largest absolute Gasteiger partial charge is 0.508 e. The SMILES string of the molecule is O=CCOc1ccc(/C(=C(/CCCl)c2ccccc2)c2ccc(O)cc2)cc1. The number of phenols is 1. The van der Waals surface area contributed by atoms with Crippen LogP contribution in [0.1, 0.15) is 23.1 Å². The molecule has 0 aliphatic rings. The maximum atomic E-state index is 10.5. The molecule has 0 aromatic heterocycles. The molecule has 3 rings (SSSR count). The minimum Gasteiger partial charge on any atom is -0.508 e. The van der Waals surface area contributed by atoms with E-state index < -0.39 is 0 Å². The molecule has 3 nitrogen and oxygen atoms in total. The number of hydrogen-bond acceptors (Lipinski definition) is 3. The van der Waals surface area contributed by atoms with E-state index in [4.69, 9.17) is 16.3 Å². The predicted octanol–water partition coefficient (Wildman–Crippen LogP) is 5.56. The number of aldehydes is 1. The number of benzene rings is 3. The first-order valence-corrected chi connectivity index (χ1v) is 9.57. The van der Waals surface area contributed by atoms with Crippen LogP contribution in [-0.4, -0.2) is 23.9 Å². The van der Waals surface area contributed by atoms with E-state index >= 15 is 0 Å². The van der Waals surface area contributed by atoms with Crippen molar-refractivity contribution in [1.29, 1.82) is 0 Å². The molecular formula is C24H21ClO3. The van der Waals surface area contributed by atoms with Crippen LogP contribution < -0.4 is 4.74 Å². The van der Waals surface area contributed by atoms with Crippen LogP contribution in [0.3, 0.4) is 0 Å². The molecule has 0 heterocycles. The zero-order chi connectivity index (χ0) is 19.8. The molecule has 1 N–H and O–H groups in total. The molecule has 0 bridgehead atoms. The molecule has 0 unspecified atom stereocenters. The second-order valence-corrected chi connectivity index (χ2v) is 6.59. The number of aromatic hydroxyl groups is 1. The average molecular weight is 393 g/mol. The van der Waals surface area contributed by atoms with Gasteiger partial charge in [-0.25, -0.2) is 0 Å². The quantitative estimate of drug-likeness (QED) is 0.310. The number of phenolic OH excluding ortho intramolecular Hbond substituents is 1. The molecular weight excluding hydrogens is 372 g/mol. The first kappa shape index (κ1) is 19.7. The van der Waals surface area contributed by atoms with Gasteiger partial charge in [0, 0.05) is 5.88 Å².